The van der Waals surface area contributed by atoms with Crippen LogP contribution in [0.25, 0.3) is 0 Å². The van der Waals surface area contributed by atoms with Gasteiger partial charge in [0.15, 0.2) is 0 Å². The summed E-state index contributed by atoms with van der Waals surface area (Å²) in [6.07, 6.45) is 1.36. The average Bonchev–Trinajstić information content (AvgIpc) is 2.62. The van der Waals surface area contributed by atoms with Gasteiger partial charge in [-0.05, 0) is 18.2 Å². The highest BCUT2D eigenvalue weighted by Gasteiger charge is 2.19. The molecule has 10 heteroatoms. The third-order valence-electron chi connectivity index (χ3n) is 3.09. The fourth-order valence-corrected chi connectivity index (χ4v) is 1.95. The van der Waals surface area contributed by atoms with Crippen molar-refractivity contribution < 1.29 is 19.2 Å². The molecule has 0 saturated heterocycles. The number of nitrogens with two attached hydrogens (primary N) is 2. The smallest absolute Gasteiger partial charge is 0.341 e. The van der Waals surface area contributed by atoms with E-state index in [0.717, 1.165) is 6.07 Å². The van der Waals surface area contributed by atoms with Crippen LogP contribution in [0.4, 0.5) is 5.69 Å². The first-order valence-corrected chi connectivity index (χ1v) is 7.18. The molecular formula is C16H15N5O5. The fraction of sp³-hybridized carbons (Fsp3) is 0.0625. The summed E-state index contributed by atoms with van der Waals surface area (Å²) in [5, 5.41) is 18.1. The number of nitro benzene ring substituents is 1. The van der Waals surface area contributed by atoms with E-state index in [1.807, 2.05) is 0 Å². The number of carbonyl (C=O) groups is 1. The van der Waals surface area contributed by atoms with Crippen molar-refractivity contribution in [2.45, 2.75) is 0 Å². The van der Waals surface area contributed by atoms with Gasteiger partial charge in [-0.2, -0.15) is 5.10 Å². The molecule has 134 valence electrons. The molecule has 0 heterocycles. The number of methoxy groups -OCH3 is 1. The number of non-ortho nitro benzene ring substituents is 1. The molecule has 0 aliphatic carbocycles. The maximum absolute atomic E-state index is 11.9. The third kappa shape index (κ3) is 4.54. The molecule has 0 saturated carbocycles. The maximum Gasteiger partial charge on any atom is 0.341 e. The van der Waals surface area contributed by atoms with Gasteiger partial charge in [0, 0.05) is 17.7 Å². The summed E-state index contributed by atoms with van der Waals surface area (Å²) in [7, 11) is 1.17. The van der Waals surface area contributed by atoms with Crippen molar-refractivity contribution in [3.05, 3.63) is 63.7 Å². The molecule has 26 heavy (non-hydrogen) atoms. The summed E-state index contributed by atoms with van der Waals surface area (Å²) in [5.41, 5.74) is 10.6. The van der Waals surface area contributed by atoms with E-state index in [0.29, 0.717) is 11.3 Å². The van der Waals surface area contributed by atoms with Gasteiger partial charge in [0.05, 0.1) is 18.2 Å². The van der Waals surface area contributed by atoms with E-state index in [1.54, 1.807) is 24.3 Å². The Morgan fingerprint density at radius 2 is 1.92 bits per heavy atom. The van der Waals surface area contributed by atoms with E-state index in [1.165, 1.54) is 25.5 Å². The number of hydrogen-bond donors (Lipinski definition) is 2. The van der Waals surface area contributed by atoms with Crippen LogP contribution in [0.2, 0.25) is 0 Å². The van der Waals surface area contributed by atoms with Crippen LogP contribution in [0.3, 0.4) is 0 Å². The van der Waals surface area contributed by atoms with Gasteiger partial charge in [-0.15, -0.1) is 5.10 Å². The van der Waals surface area contributed by atoms with E-state index < -0.39 is 10.9 Å². The van der Waals surface area contributed by atoms with Gasteiger partial charge in [0.25, 0.3) is 5.69 Å². The molecule has 0 aliphatic heterocycles. The number of hydrogen-bond acceptors (Lipinski definition) is 7. The number of ether oxygens (including phenoxy) is 2. The van der Waals surface area contributed by atoms with Gasteiger partial charge in [0.1, 0.15) is 17.1 Å². The Balaban J connectivity index is 2.42. The van der Waals surface area contributed by atoms with Crippen LogP contribution in [0, 0.1) is 10.1 Å². The molecule has 0 aliphatic rings. The Labute approximate surface area is 147 Å². The molecule has 2 aromatic carbocycles. The SMILES string of the molecule is COC(=O)c1cc([N+](=O)[O-])ccc1Oc1ccccc1C=NN=C(N)N. The van der Waals surface area contributed by atoms with Crippen molar-refractivity contribution in [2.75, 3.05) is 7.11 Å². The lowest BCUT2D eigenvalue weighted by Gasteiger charge is -2.11. The highest BCUT2D eigenvalue weighted by Crippen LogP contribution is 2.30. The minimum atomic E-state index is -0.768. The van der Waals surface area contributed by atoms with Crippen LogP contribution in [-0.4, -0.2) is 30.2 Å². The second kappa shape index (κ2) is 8.24. The molecule has 0 fully saturated rings. The number of carbonyl (C=O) groups excluding carboxylic acids is 1. The van der Waals surface area contributed by atoms with Crippen molar-refractivity contribution in [3.8, 4) is 11.5 Å². The Bertz CT molecular complexity index is 890. The summed E-state index contributed by atoms with van der Waals surface area (Å²) in [6, 6.07) is 10.4. The summed E-state index contributed by atoms with van der Waals surface area (Å²) >= 11 is 0. The minimum Gasteiger partial charge on any atom is -0.465 e. The van der Waals surface area contributed by atoms with Crippen molar-refractivity contribution in [1.29, 1.82) is 0 Å². The lowest BCUT2D eigenvalue weighted by Crippen LogP contribution is -2.21. The molecule has 2 aromatic rings. The lowest BCUT2D eigenvalue weighted by molar-refractivity contribution is -0.384. The van der Waals surface area contributed by atoms with Crippen LogP contribution < -0.4 is 16.2 Å². The molecule has 0 unspecified atom stereocenters. The largest absolute Gasteiger partial charge is 0.465 e. The van der Waals surface area contributed by atoms with Gasteiger partial charge in [-0.1, -0.05) is 12.1 Å². The van der Waals surface area contributed by atoms with Gasteiger partial charge >= 0.3 is 5.97 Å². The number of para-hydroxylation sites is 1. The summed E-state index contributed by atoms with van der Waals surface area (Å²) < 4.78 is 10.4. The minimum absolute atomic E-state index is 0.0855. The van der Waals surface area contributed by atoms with Crippen LogP contribution in [0.5, 0.6) is 11.5 Å². The van der Waals surface area contributed by atoms with Crippen LogP contribution in [0.15, 0.2) is 52.7 Å². The van der Waals surface area contributed by atoms with E-state index in [4.69, 9.17) is 16.2 Å². The zero-order valence-electron chi connectivity index (χ0n) is 13.7. The number of esters is 1. The Morgan fingerprint density at radius 1 is 1.19 bits per heavy atom. The zero-order chi connectivity index (χ0) is 19.1. The van der Waals surface area contributed by atoms with Crippen molar-refractivity contribution in [1.82, 2.24) is 0 Å². The molecule has 0 aromatic heterocycles. The van der Waals surface area contributed by atoms with Gasteiger partial charge in [0.2, 0.25) is 5.96 Å². The zero-order valence-corrected chi connectivity index (χ0v) is 13.7. The van der Waals surface area contributed by atoms with Gasteiger partial charge in [-0.3, -0.25) is 10.1 Å². The molecule has 0 radical (unpaired) electrons. The summed E-state index contributed by atoms with van der Waals surface area (Å²) in [4.78, 5) is 22.2. The molecule has 0 amide bonds. The normalized spacial score (nSPS) is 10.3. The van der Waals surface area contributed by atoms with E-state index in [9.17, 15) is 14.9 Å². The Kier molecular flexibility index (Phi) is 5.83. The third-order valence-corrected chi connectivity index (χ3v) is 3.09. The molecule has 0 atom stereocenters. The average molecular weight is 357 g/mol. The predicted molar refractivity (Wildman–Crippen MR) is 94.4 cm³/mol. The van der Waals surface area contributed by atoms with E-state index >= 15 is 0 Å². The van der Waals surface area contributed by atoms with Crippen LogP contribution >= 0.6 is 0 Å². The standard InChI is InChI=1S/C16H15N5O5/c1-25-15(22)12-8-11(21(23)24)6-7-14(12)26-13-5-3-2-4-10(13)9-19-20-16(17)18/h2-9H,1H3,(H4,17,18,20). The van der Waals surface area contributed by atoms with Crippen molar-refractivity contribution >= 4 is 23.8 Å². The highest BCUT2D eigenvalue weighted by molar-refractivity contribution is 5.93. The predicted octanol–water partition coefficient (Wildman–Crippen LogP) is 1.78. The van der Waals surface area contributed by atoms with E-state index in [2.05, 4.69) is 14.9 Å². The number of nitro groups is 1. The quantitative estimate of drug-likeness (QED) is 0.262. The van der Waals surface area contributed by atoms with Crippen LogP contribution in [-0.2, 0) is 4.74 Å². The van der Waals surface area contributed by atoms with Gasteiger partial charge < -0.3 is 20.9 Å². The first-order valence-electron chi connectivity index (χ1n) is 7.18. The first-order chi connectivity index (χ1) is 12.4. The maximum atomic E-state index is 11.9. The van der Waals surface area contributed by atoms with Crippen molar-refractivity contribution in [2.24, 2.45) is 21.7 Å². The molecule has 0 bridgehead atoms. The molecule has 2 rings (SSSR count). The van der Waals surface area contributed by atoms with Crippen LogP contribution in [0.1, 0.15) is 15.9 Å². The number of guanidine groups is 1. The highest BCUT2D eigenvalue weighted by atomic mass is 16.6. The summed E-state index contributed by atoms with van der Waals surface area (Å²) in [6.45, 7) is 0. The van der Waals surface area contributed by atoms with Gasteiger partial charge in [-0.25, -0.2) is 4.79 Å². The lowest BCUT2D eigenvalue weighted by atomic mass is 10.1. The Hall–Kier alpha value is -3.95. The first kappa shape index (κ1) is 18.4. The Morgan fingerprint density at radius 3 is 2.58 bits per heavy atom. The molecule has 4 N–H and O–H groups in total. The second-order valence-electron chi connectivity index (χ2n) is 4.84. The van der Waals surface area contributed by atoms with E-state index in [-0.39, 0.29) is 23.0 Å². The molecular weight excluding hydrogens is 342 g/mol. The summed E-state index contributed by atoms with van der Waals surface area (Å²) in [5.74, 6) is -0.551. The number of benzene rings is 2. The monoisotopic (exact) mass is 357 g/mol. The molecule has 0 spiro atoms. The number of nitrogens with zero attached hydrogens (tertiary/aromatic N) is 3. The second-order valence-corrected chi connectivity index (χ2v) is 4.84. The van der Waals surface area contributed by atoms with Crippen molar-refractivity contribution in [3.63, 3.8) is 0 Å². The molecule has 10 nitrogen and oxygen atoms in total. The topological polar surface area (TPSA) is 155 Å². The fourth-order valence-electron chi connectivity index (χ4n) is 1.95. The number of rotatable bonds is 6.